The summed E-state index contributed by atoms with van der Waals surface area (Å²) in [5.74, 6) is 1.39. The zero-order valence-corrected chi connectivity index (χ0v) is 17.0. The van der Waals surface area contributed by atoms with Crippen LogP contribution in [-0.4, -0.2) is 46.1 Å². The lowest BCUT2D eigenvalue weighted by Crippen LogP contribution is -2.47. The van der Waals surface area contributed by atoms with Crippen molar-refractivity contribution in [2.45, 2.75) is 0 Å². The van der Waals surface area contributed by atoms with Crippen LogP contribution < -0.4 is 15.1 Å². The Balaban J connectivity index is 1.58. The molecule has 0 amide bonds. The molecule has 10 heteroatoms. The van der Waals surface area contributed by atoms with Crippen LogP contribution in [0.1, 0.15) is 0 Å². The normalized spacial score (nSPS) is 14.0. The van der Waals surface area contributed by atoms with Crippen molar-refractivity contribution in [3.63, 3.8) is 0 Å². The fourth-order valence-electron chi connectivity index (χ4n) is 3.24. The third-order valence-electron chi connectivity index (χ3n) is 4.66. The first-order chi connectivity index (χ1) is 14.1. The summed E-state index contributed by atoms with van der Waals surface area (Å²) in [6.07, 6.45) is 3.11. The highest BCUT2D eigenvalue weighted by Gasteiger charge is 2.29. The van der Waals surface area contributed by atoms with E-state index in [1.54, 1.807) is 6.20 Å². The zero-order chi connectivity index (χ0) is 20.2. The predicted molar refractivity (Wildman–Crippen MR) is 115 cm³/mol. The van der Waals surface area contributed by atoms with Gasteiger partial charge in [-0.2, -0.15) is 0 Å². The number of anilines is 4. The van der Waals surface area contributed by atoms with Crippen molar-refractivity contribution in [2.24, 2.45) is 0 Å². The lowest BCUT2D eigenvalue weighted by atomic mass is 10.2. The first-order valence-corrected chi connectivity index (χ1v) is 9.84. The Morgan fingerprint density at radius 2 is 1.69 bits per heavy atom. The molecule has 1 fully saturated rings. The second-order valence-corrected chi connectivity index (χ2v) is 7.27. The van der Waals surface area contributed by atoms with Crippen molar-refractivity contribution in [1.29, 1.82) is 0 Å². The Bertz CT molecular complexity index is 1010. The number of hydrogen-bond acceptors (Lipinski definition) is 8. The van der Waals surface area contributed by atoms with Crippen molar-refractivity contribution in [3.05, 3.63) is 69.6 Å². The van der Waals surface area contributed by atoms with Crippen LogP contribution in [0.3, 0.4) is 0 Å². The summed E-state index contributed by atoms with van der Waals surface area (Å²) in [6.45, 7) is 2.60. The number of pyridine rings is 1. The first kappa shape index (κ1) is 19.1. The van der Waals surface area contributed by atoms with E-state index in [-0.39, 0.29) is 11.5 Å². The van der Waals surface area contributed by atoms with E-state index < -0.39 is 4.92 Å². The molecule has 0 bridgehead atoms. The molecule has 9 nitrogen and oxygen atoms in total. The minimum Gasteiger partial charge on any atom is -0.353 e. The van der Waals surface area contributed by atoms with Crippen molar-refractivity contribution in [1.82, 2.24) is 15.0 Å². The number of aromatic nitrogens is 3. The Labute approximate surface area is 175 Å². The number of rotatable bonds is 5. The van der Waals surface area contributed by atoms with Gasteiger partial charge in [-0.25, -0.2) is 15.0 Å². The maximum Gasteiger partial charge on any atom is 0.353 e. The van der Waals surface area contributed by atoms with E-state index in [1.807, 2.05) is 47.4 Å². The van der Waals surface area contributed by atoms with Gasteiger partial charge in [0.15, 0.2) is 0 Å². The molecule has 2 aromatic heterocycles. The Hall–Kier alpha value is -3.27. The van der Waals surface area contributed by atoms with E-state index in [4.69, 9.17) is 0 Å². The molecule has 0 saturated carbocycles. The zero-order valence-electron chi connectivity index (χ0n) is 15.4. The van der Waals surface area contributed by atoms with Crippen LogP contribution in [0.4, 0.5) is 28.8 Å². The number of nitrogens with one attached hydrogen (secondary N) is 1. The predicted octanol–water partition coefficient (Wildman–Crippen LogP) is 3.61. The van der Waals surface area contributed by atoms with Gasteiger partial charge in [-0.15, -0.1) is 0 Å². The molecular formula is C19H18BrN7O2. The molecule has 1 saturated heterocycles. The molecule has 3 heterocycles. The average molecular weight is 456 g/mol. The SMILES string of the molecule is O=[N+]([O-])c1c(Nc2ccccc2Br)ncnc1N1CCN(c2ccccn2)CC1. The number of hydrogen-bond donors (Lipinski definition) is 1. The highest BCUT2D eigenvalue weighted by molar-refractivity contribution is 9.10. The molecule has 0 atom stereocenters. The van der Waals surface area contributed by atoms with Gasteiger partial charge in [-0.1, -0.05) is 18.2 Å². The van der Waals surface area contributed by atoms with Gasteiger partial charge in [0.1, 0.15) is 12.1 Å². The number of nitro groups is 1. The molecule has 29 heavy (non-hydrogen) atoms. The molecule has 0 unspecified atom stereocenters. The standard InChI is InChI=1S/C19H18BrN7O2/c20-14-5-1-2-6-15(14)24-18-17(27(28)29)19(23-13-22-18)26-11-9-25(10-12-26)16-7-3-4-8-21-16/h1-8,13H,9-12H2,(H,22,23,24). The largest absolute Gasteiger partial charge is 0.353 e. The average Bonchev–Trinajstić information content (AvgIpc) is 2.76. The molecule has 0 radical (unpaired) electrons. The van der Waals surface area contributed by atoms with E-state index in [1.165, 1.54) is 6.33 Å². The summed E-state index contributed by atoms with van der Waals surface area (Å²) in [6, 6.07) is 13.2. The minimum absolute atomic E-state index is 0.130. The maximum absolute atomic E-state index is 11.9. The van der Waals surface area contributed by atoms with Crippen LogP contribution in [0.15, 0.2) is 59.5 Å². The van der Waals surface area contributed by atoms with Crippen LogP contribution in [0.2, 0.25) is 0 Å². The van der Waals surface area contributed by atoms with Crippen molar-refractivity contribution in [3.8, 4) is 0 Å². The monoisotopic (exact) mass is 455 g/mol. The van der Waals surface area contributed by atoms with E-state index in [0.717, 1.165) is 10.3 Å². The second-order valence-electron chi connectivity index (χ2n) is 6.42. The molecular weight excluding hydrogens is 438 g/mol. The van der Waals surface area contributed by atoms with E-state index in [2.05, 4.69) is 41.1 Å². The summed E-state index contributed by atoms with van der Waals surface area (Å²) >= 11 is 3.44. The number of piperazine rings is 1. The summed E-state index contributed by atoms with van der Waals surface area (Å²) in [7, 11) is 0. The van der Waals surface area contributed by atoms with Gasteiger partial charge >= 0.3 is 5.69 Å². The fraction of sp³-hybridized carbons (Fsp3) is 0.211. The van der Waals surface area contributed by atoms with Crippen molar-refractivity contribution in [2.75, 3.05) is 41.3 Å². The van der Waals surface area contributed by atoms with Crippen LogP contribution >= 0.6 is 15.9 Å². The Morgan fingerprint density at radius 3 is 2.38 bits per heavy atom. The van der Waals surface area contributed by atoms with E-state index >= 15 is 0 Å². The van der Waals surface area contributed by atoms with E-state index in [0.29, 0.717) is 37.7 Å². The smallest absolute Gasteiger partial charge is 0.353 e. The fourth-order valence-corrected chi connectivity index (χ4v) is 3.62. The number of nitrogens with zero attached hydrogens (tertiary/aromatic N) is 6. The maximum atomic E-state index is 11.9. The quantitative estimate of drug-likeness (QED) is 0.459. The number of para-hydroxylation sites is 1. The summed E-state index contributed by atoms with van der Waals surface area (Å²) < 4.78 is 0.790. The molecule has 148 valence electrons. The molecule has 1 aliphatic rings. The van der Waals surface area contributed by atoms with Gasteiger partial charge in [0, 0.05) is 36.8 Å². The number of benzene rings is 1. The molecule has 0 aliphatic carbocycles. The van der Waals surface area contributed by atoms with Crippen molar-refractivity contribution < 1.29 is 4.92 Å². The van der Waals surface area contributed by atoms with E-state index in [9.17, 15) is 10.1 Å². The molecule has 1 aliphatic heterocycles. The highest BCUT2D eigenvalue weighted by Crippen LogP contribution is 2.35. The molecule has 1 N–H and O–H groups in total. The van der Waals surface area contributed by atoms with Gasteiger partial charge in [-0.3, -0.25) is 10.1 Å². The summed E-state index contributed by atoms with van der Waals surface area (Å²) in [5.41, 5.74) is 0.565. The van der Waals surface area contributed by atoms with Crippen LogP contribution in [-0.2, 0) is 0 Å². The molecule has 0 spiro atoms. The summed E-state index contributed by atoms with van der Waals surface area (Å²) in [4.78, 5) is 28.2. The second kappa shape index (κ2) is 8.39. The van der Waals surface area contributed by atoms with Gasteiger partial charge in [0.25, 0.3) is 0 Å². The topological polar surface area (TPSA) is 100 Å². The third-order valence-corrected chi connectivity index (χ3v) is 5.36. The molecule has 4 rings (SSSR count). The first-order valence-electron chi connectivity index (χ1n) is 9.05. The van der Waals surface area contributed by atoms with Gasteiger partial charge in [0.2, 0.25) is 11.6 Å². The lowest BCUT2D eigenvalue weighted by Gasteiger charge is -2.35. The highest BCUT2D eigenvalue weighted by atomic mass is 79.9. The Kier molecular flexibility index (Phi) is 5.52. The van der Waals surface area contributed by atoms with Crippen molar-refractivity contribution >= 4 is 44.8 Å². The lowest BCUT2D eigenvalue weighted by molar-refractivity contribution is -0.383. The summed E-state index contributed by atoms with van der Waals surface area (Å²) in [5, 5.41) is 14.9. The van der Waals surface area contributed by atoms with Gasteiger partial charge in [-0.05, 0) is 40.2 Å². The third kappa shape index (κ3) is 4.11. The van der Waals surface area contributed by atoms with Crippen LogP contribution in [0.5, 0.6) is 0 Å². The van der Waals surface area contributed by atoms with Crippen LogP contribution in [0.25, 0.3) is 0 Å². The number of halogens is 1. The molecule has 1 aromatic carbocycles. The van der Waals surface area contributed by atoms with Gasteiger partial charge in [0.05, 0.1) is 10.6 Å². The van der Waals surface area contributed by atoms with Gasteiger partial charge < -0.3 is 15.1 Å². The van der Waals surface area contributed by atoms with Crippen LogP contribution in [0, 0.1) is 10.1 Å². The molecule has 3 aromatic rings. The minimum atomic E-state index is -0.431. The Morgan fingerprint density at radius 1 is 0.966 bits per heavy atom.